The summed E-state index contributed by atoms with van der Waals surface area (Å²) < 4.78 is 6.79. The molecule has 0 unspecified atom stereocenters. The molecule has 0 aliphatic carbocycles. The van der Waals surface area contributed by atoms with Crippen molar-refractivity contribution in [1.82, 2.24) is 4.57 Å². The van der Waals surface area contributed by atoms with Gasteiger partial charge in [0.25, 0.3) is 0 Å². The second-order valence-corrected chi connectivity index (χ2v) is 4.31. The summed E-state index contributed by atoms with van der Waals surface area (Å²) in [5.74, 6) is -0.366. The maximum absolute atomic E-state index is 11.5. The molecule has 0 saturated heterocycles. The molecule has 0 atom stereocenters. The minimum absolute atomic E-state index is 0.319. The molecule has 1 aromatic carbocycles. The number of rotatable bonds is 2. The van der Waals surface area contributed by atoms with Gasteiger partial charge in [0.15, 0.2) is 0 Å². The number of hydrogen-bond donors (Lipinski definition) is 1. The zero-order valence-electron chi connectivity index (χ0n) is 10.2. The molecule has 2 aromatic rings. The van der Waals surface area contributed by atoms with Crippen molar-refractivity contribution in [2.45, 2.75) is 19.9 Å². The van der Waals surface area contributed by atoms with Gasteiger partial charge in [-0.1, -0.05) is 0 Å². The Hall–Kier alpha value is -1.97. The van der Waals surface area contributed by atoms with Crippen molar-refractivity contribution >= 4 is 22.6 Å². The molecule has 0 aliphatic heterocycles. The summed E-state index contributed by atoms with van der Waals surface area (Å²) in [7, 11) is 1.37. The van der Waals surface area contributed by atoms with Gasteiger partial charge in [0.2, 0.25) is 0 Å². The fourth-order valence-corrected chi connectivity index (χ4v) is 1.98. The van der Waals surface area contributed by atoms with Crippen LogP contribution in [0.4, 0.5) is 5.69 Å². The lowest BCUT2D eigenvalue weighted by molar-refractivity contribution is 0.0601. The number of ether oxygens (including phenoxy) is 1. The van der Waals surface area contributed by atoms with Gasteiger partial charge in [-0.15, -0.1) is 0 Å². The molecule has 0 aliphatic rings. The lowest BCUT2D eigenvalue weighted by atomic mass is 10.1. The molecule has 1 heterocycles. The van der Waals surface area contributed by atoms with Crippen LogP contribution in [0.25, 0.3) is 10.9 Å². The van der Waals surface area contributed by atoms with Crippen LogP contribution in [0.5, 0.6) is 0 Å². The average Bonchev–Trinajstić information content (AvgIpc) is 2.72. The zero-order chi connectivity index (χ0) is 12.6. The highest BCUT2D eigenvalue weighted by molar-refractivity contribution is 6.00. The minimum atomic E-state index is -0.366. The van der Waals surface area contributed by atoms with Gasteiger partial charge >= 0.3 is 5.97 Å². The molecule has 17 heavy (non-hydrogen) atoms. The molecule has 90 valence electrons. The number of carbonyl (C=O) groups is 1. The van der Waals surface area contributed by atoms with E-state index in [1.165, 1.54) is 7.11 Å². The number of anilines is 1. The summed E-state index contributed by atoms with van der Waals surface area (Å²) in [5.41, 5.74) is 7.98. The van der Waals surface area contributed by atoms with E-state index in [9.17, 15) is 4.79 Å². The second kappa shape index (κ2) is 4.13. The van der Waals surface area contributed by atoms with Gasteiger partial charge in [0, 0.05) is 23.3 Å². The number of methoxy groups -OCH3 is 1. The zero-order valence-corrected chi connectivity index (χ0v) is 10.2. The molecule has 0 amide bonds. The Kier molecular flexibility index (Phi) is 2.79. The molecular formula is C13H16N2O2. The van der Waals surface area contributed by atoms with Gasteiger partial charge in [-0.25, -0.2) is 4.79 Å². The molecule has 2 N–H and O–H groups in total. The third kappa shape index (κ3) is 1.86. The summed E-state index contributed by atoms with van der Waals surface area (Å²) in [6.07, 6.45) is 1.98. The molecule has 2 rings (SSSR count). The number of nitrogens with zero attached hydrogens (tertiary/aromatic N) is 1. The highest BCUT2D eigenvalue weighted by Gasteiger charge is 2.12. The Morgan fingerprint density at radius 1 is 1.41 bits per heavy atom. The van der Waals surface area contributed by atoms with Crippen LogP contribution in [-0.2, 0) is 4.74 Å². The Balaban J connectivity index is 2.69. The van der Waals surface area contributed by atoms with E-state index >= 15 is 0 Å². The number of carbonyl (C=O) groups excluding carboxylic acids is 1. The van der Waals surface area contributed by atoms with E-state index in [0.29, 0.717) is 17.3 Å². The van der Waals surface area contributed by atoms with E-state index < -0.39 is 0 Å². The lowest BCUT2D eigenvalue weighted by Gasteiger charge is -2.10. The average molecular weight is 232 g/mol. The fraction of sp³-hybridized carbons (Fsp3) is 0.308. The first-order valence-electron chi connectivity index (χ1n) is 5.53. The van der Waals surface area contributed by atoms with E-state index in [4.69, 9.17) is 10.5 Å². The van der Waals surface area contributed by atoms with Gasteiger partial charge in [0.05, 0.1) is 18.2 Å². The van der Waals surface area contributed by atoms with Crippen molar-refractivity contribution in [3.63, 3.8) is 0 Å². The SMILES string of the molecule is COC(=O)c1cc(N)c2ccn(C(C)C)c2c1. The van der Waals surface area contributed by atoms with Crippen LogP contribution >= 0.6 is 0 Å². The smallest absolute Gasteiger partial charge is 0.337 e. The van der Waals surface area contributed by atoms with Crippen LogP contribution in [0, 0.1) is 0 Å². The van der Waals surface area contributed by atoms with Crippen molar-refractivity contribution in [3.05, 3.63) is 30.0 Å². The van der Waals surface area contributed by atoms with Crippen LogP contribution in [0.1, 0.15) is 30.2 Å². The predicted molar refractivity (Wildman–Crippen MR) is 68.1 cm³/mol. The molecule has 4 heteroatoms. The maximum Gasteiger partial charge on any atom is 0.337 e. The summed E-state index contributed by atoms with van der Waals surface area (Å²) in [5, 5.41) is 0.964. The second-order valence-electron chi connectivity index (χ2n) is 4.31. The molecule has 0 saturated carbocycles. The summed E-state index contributed by atoms with van der Waals surface area (Å²) in [6.45, 7) is 4.17. The molecule has 0 fully saturated rings. The number of nitrogens with two attached hydrogens (primary N) is 1. The van der Waals surface area contributed by atoms with Gasteiger partial charge in [-0.3, -0.25) is 0 Å². The lowest BCUT2D eigenvalue weighted by Crippen LogP contribution is -2.04. The van der Waals surface area contributed by atoms with Crippen molar-refractivity contribution in [2.24, 2.45) is 0 Å². The topological polar surface area (TPSA) is 57.2 Å². The molecule has 0 spiro atoms. The van der Waals surface area contributed by atoms with Crippen molar-refractivity contribution in [3.8, 4) is 0 Å². The van der Waals surface area contributed by atoms with E-state index in [0.717, 1.165) is 10.9 Å². The largest absolute Gasteiger partial charge is 0.465 e. The number of fused-ring (bicyclic) bond motifs is 1. The van der Waals surface area contributed by atoms with Crippen LogP contribution < -0.4 is 5.73 Å². The Labute approximate surface area is 100.0 Å². The predicted octanol–water partition coefficient (Wildman–Crippen LogP) is 2.59. The summed E-state index contributed by atoms with van der Waals surface area (Å²) in [6, 6.07) is 5.75. The molecule has 4 nitrogen and oxygen atoms in total. The molecule has 1 aromatic heterocycles. The standard InChI is InChI=1S/C13H16N2O2/c1-8(2)15-5-4-10-11(14)6-9(7-12(10)15)13(16)17-3/h4-8H,14H2,1-3H3. The fourth-order valence-electron chi connectivity index (χ4n) is 1.98. The van der Waals surface area contributed by atoms with E-state index in [1.54, 1.807) is 6.07 Å². The van der Waals surface area contributed by atoms with Gasteiger partial charge in [-0.2, -0.15) is 0 Å². The summed E-state index contributed by atoms with van der Waals surface area (Å²) in [4.78, 5) is 11.5. The van der Waals surface area contributed by atoms with Crippen LogP contribution in [0.3, 0.4) is 0 Å². The summed E-state index contributed by atoms with van der Waals surface area (Å²) >= 11 is 0. The highest BCUT2D eigenvalue weighted by atomic mass is 16.5. The Morgan fingerprint density at radius 2 is 2.12 bits per heavy atom. The first kappa shape index (κ1) is 11.5. The van der Waals surface area contributed by atoms with Gasteiger partial charge < -0.3 is 15.0 Å². The third-order valence-electron chi connectivity index (χ3n) is 2.85. The van der Waals surface area contributed by atoms with Crippen LogP contribution in [0.15, 0.2) is 24.4 Å². The van der Waals surface area contributed by atoms with Crippen molar-refractivity contribution in [2.75, 3.05) is 12.8 Å². The maximum atomic E-state index is 11.5. The number of nitrogen functional groups attached to an aromatic ring is 1. The number of esters is 1. The molecule has 0 bridgehead atoms. The normalized spacial score (nSPS) is 11.1. The first-order valence-corrected chi connectivity index (χ1v) is 5.53. The van der Waals surface area contributed by atoms with Crippen molar-refractivity contribution in [1.29, 1.82) is 0 Å². The molecule has 0 radical (unpaired) electrons. The number of hydrogen-bond acceptors (Lipinski definition) is 3. The Bertz CT molecular complexity index is 570. The number of aromatic nitrogens is 1. The van der Waals surface area contributed by atoms with Crippen LogP contribution in [0.2, 0.25) is 0 Å². The quantitative estimate of drug-likeness (QED) is 0.639. The van der Waals surface area contributed by atoms with Gasteiger partial charge in [-0.05, 0) is 32.0 Å². The first-order chi connectivity index (χ1) is 8.04. The third-order valence-corrected chi connectivity index (χ3v) is 2.85. The molecular weight excluding hydrogens is 216 g/mol. The van der Waals surface area contributed by atoms with E-state index in [1.807, 2.05) is 18.3 Å². The van der Waals surface area contributed by atoms with E-state index in [2.05, 4.69) is 18.4 Å². The van der Waals surface area contributed by atoms with Gasteiger partial charge in [0.1, 0.15) is 0 Å². The van der Waals surface area contributed by atoms with E-state index in [-0.39, 0.29) is 5.97 Å². The van der Waals surface area contributed by atoms with Crippen LogP contribution in [-0.4, -0.2) is 17.6 Å². The Morgan fingerprint density at radius 3 is 2.71 bits per heavy atom. The monoisotopic (exact) mass is 232 g/mol. The minimum Gasteiger partial charge on any atom is -0.465 e. The highest BCUT2D eigenvalue weighted by Crippen LogP contribution is 2.27. The number of benzene rings is 1. The van der Waals surface area contributed by atoms with Crippen molar-refractivity contribution < 1.29 is 9.53 Å².